The molecule has 1 aliphatic carbocycles. The molecule has 0 spiro atoms. The van der Waals surface area contributed by atoms with Crippen LogP contribution in [0.25, 0.3) is 11.1 Å². The molecule has 3 rings (SSSR count). The van der Waals surface area contributed by atoms with Crippen LogP contribution >= 0.6 is 0 Å². The van der Waals surface area contributed by atoms with Crippen molar-refractivity contribution < 1.29 is 9.34 Å². The highest BCUT2D eigenvalue weighted by atomic mass is 16.6. The van der Waals surface area contributed by atoms with E-state index in [2.05, 4.69) is 10.3 Å². The largest absolute Gasteiger partial charge is 0.423 e. The molecule has 0 radical (unpaired) electrons. The van der Waals surface area contributed by atoms with Crippen molar-refractivity contribution >= 4 is 22.8 Å². The van der Waals surface area contributed by atoms with Crippen molar-refractivity contribution in [2.75, 3.05) is 5.32 Å². The van der Waals surface area contributed by atoms with Gasteiger partial charge in [0.2, 0.25) is 0 Å². The monoisotopic (exact) mass is 261 g/mol. The third kappa shape index (κ3) is 2.52. The molecule has 1 heterocycles. The standard InChI is InChI=1S/C13H15N3O3/c17-16(18)10-6-7-11-12(8-10)19-13(15-11)14-9-4-2-1-3-5-9/h6-9H,1-5H2,(H,14,15). The second-order valence-electron chi connectivity index (χ2n) is 4.91. The van der Waals surface area contributed by atoms with Crippen LogP contribution in [0.4, 0.5) is 11.7 Å². The third-order valence-corrected chi connectivity index (χ3v) is 3.52. The van der Waals surface area contributed by atoms with E-state index in [4.69, 9.17) is 4.42 Å². The van der Waals surface area contributed by atoms with E-state index in [9.17, 15) is 10.1 Å². The number of nitrogens with one attached hydrogen (secondary N) is 1. The van der Waals surface area contributed by atoms with Gasteiger partial charge in [0.1, 0.15) is 5.52 Å². The maximum Gasteiger partial charge on any atom is 0.295 e. The number of oxazole rings is 1. The number of hydrogen-bond donors (Lipinski definition) is 1. The van der Waals surface area contributed by atoms with Gasteiger partial charge in [0.15, 0.2) is 5.58 Å². The molecule has 1 aromatic heterocycles. The van der Waals surface area contributed by atoms with Crippen LogP contribution in [-0.2, 0) is 0 Å². The number of fused-ring (bicyclic) bond motifs is 1. The highest BCUT2D eigenvalue weighted by Gasteiger charge is 2.17. The van der Waals surface area contributed by atoms with Crippen molar-refractivity contribution in [3.05, 3.63) is 28.3 Å². The van der Waals surface area contributed by atoms with Crippen LogP contribution in [0.5, 0.6) is 0 Å². The number of benzene rings is 1. The molecule has 6 nitrogen and oxygen atoms in total. The van der Waals surface area contributed by atoms with Crippen molar-refractivity contribution in [1.82, 2.24) is 4.98 Å². The van der Waals surface area contributed by atoms with E-state index in [0.717, 1.165) is 12.8 Å². The number of rotatable bonds is 3. The second-order valence-corrected chi connectivity index (χ2v) is 4.91. The fraction of sp³-hybridized carbons (Fsp3) is 0.462. The normalized spacial score (nSPS) is 16.6. The molecule has 0 amide bonds. The molecule has 0 bridgehead atoms. The lowest BCUT2D eigenvalue weighted by Crippen LogP contribution is -2.22. The van der Waals surface area contributed by atoms with Crippen LogP contribution in [0.1, 0.15) is 32.1 Å². The molecular formula is C13H15N3O3. The Morgan fingerprint density at radius 1 is 1.32 bits per heavy atom. The Labute approximate surface area is 110 Å². The van der Waals surface area contributed by atoms with Gasteiger partial charge in [-0.1, -0.05) is 19.3 Å². The molecule has 19 heavy (non-hydrogen) atoms. The van der Waals surface area contributed by atoms with E-state index in [1.807, 2.05) is 0 Å². The van der Waals surface area contributed by atoms with Gasteiger partial charge in [-0.25, -0.2) is 0 Å². The van der Waals surface area contributed by atoms with Crippen LogP contribution in [0, 0.1) is 10.1 Å². The van der Waals surface area contributed by atoms with Crippen LogP contribution in [-0.4, -0.2) is 15.9 Å². The van der Waals surface area contributed by atoms with Gasteiger partial charge in [-0.2, -0.15) is 4.98 Å². The number of anilines is 1. The average Bonchev–Trinajstić information content (AvgIpc) is 2.80. The summed E-state index contributed by atoms with van der Waals surface area (Å²) in [7, 11) is 0. The maximum atomic E-state index is 10.7. The summed E-state index contributed by atoms with van der Waals surface area (Å²) in [6.07, 6.45) is 5.99. The van der Waals surface area contributed by atoms with E-state index in [1.165, 1.54) is 31.4 Å². The minimum Gasteiger partial charge on any atom is -0.423 e. The van der Waals surface area contributed by atoms with Crippen molar-refractivity contribution in [3.63, 3.8) is 0 Å². The quantitative estimate of drug-likeness (QED) is 0.675. The van der Waals surface area contributed by atoms with Gasteiger partial charge in [0.05, 0.1) is 11.0 Å². The Bertz CT molecular complexity index is 602. The first kappa shape index (κ1) is 12.0. The molecule has 0 unspecified atom stereocenters. The fourth-order valence-electron chi connectivity index (χ4n) is 2.51. The number of nitrogens with zero attached hydrogens (tertiary/aromatic N) is 2. The average molecular weight is 261 g/mol. The fourth-order valence-corrected chi connectivity index (χ4v) is 2.51. The Morgan fingerprint density at radius 3 is 2.84 bits per heavy atom. The smallest absolute Gasteiger partial charge is 0.295 e. The Morgan fingerprint density at radius 2 is 2.11 bits per heavy atom. The summed E-state index contributed by atoms with van der Waals surface area (Å²) >= 11 is 0. The summed E-state index contributed by atoms with van der Waals surface area (Å²) in [5.74, 6) is 0. The Hall–Kier alpha value is -2.11. The van der Waals surface area contributed by atoms with Gasteiger partial charge >= 0.3 is 0 Å². The SMILES string of the molecule is O=[N+]([O-])c1ccc2nc(NC3CCCCC3)oc2c1. The van der Waals surface area contributed by atoms with E-state index in [0.29, 0.717) is 23.2 Å². The van der Waals surface area contributed by atoms with Crippen molar-refractivity contribution in [3.8, 4) is 0 Å². The van der Waals surface area contributed by atoms with Gasteiger partial charge in [-0.15, -0.1) is 0 Å². The molecule has 1 N–H and O–H groups in total. The lowest BCUT2D eigenvalue weighted by molar-refractivity contribution is -0.384. The van der Waals surface area contributed by atoms with E-state index >= 15 is 0 Å². The lowest BCUT2D eigenvalue weighted by Gasteiger charge is -2.21. The van der Waals surface area contributed by atoms with Crippen molar-refractivity contribution in [1.29, 1.82) is 0 Å². The predicted octanol–water partition coefficient (Wildman–Crippen LogP) is 3.48. The van der Waals surface area contributed by atoms with Crippen LogP contribution in [0.2, 0.25) is 0 Å². The summed E-state index contributed by atoms with van der Waals surface area (Å²) in [5, 5.41) is 14.0. The van der Waals surface area contributed by atoms with Crippen LogP contribution in [0.3, 0.4) is 0 Å². The van der Waals surface area contributed by atoms with Crippen LogP contribution in [0.15, 0.2) is 22.6 Å². The molecule has 2 aromatic rings. The number of non-ortho nitro benzene ring substituents is 1. The number of hydrogen-bond acceptors (Lipinski definition) is 5. The Balaban J connectivity index is 1.82. The number of aromatic nitrogens is 1. The van der Waals surface area contributed by atoms with Crippen molar-refractivity contribution in [2.45, 2.75) is 38.1 Å². The summed E-state index contributed by atoms with van der Waals surface area (Å²) in [6, 6.07) is 5.33. The lowest BCUT2D eigenvalue weighted by atomic mass is 9.96. The second kappa shape index (κ2) is 4.87. The van der Waals surface area contributed by atoms with Gasteiger partial charge in [0, 0.05) is 12.1 Å². The zero-order valence-electron chi connectivity index (χ0n) is 10.5. The molecule has 100 valence electrons. The molecule has 6 heteroatoms. The molecule has 0 aliphatic heterocycles. The first-order valence-electron chi connectivity index (χ1n) is 6.54. The highest BCUT2D eigenvalue weighted by molar-refractivity contribution is 5.77. The highest BCUT2D eigenvalue weighted by Crippen LogP contribution is 2.26. The molecule has 1 aromatic carbocycles. The molecule has 1 aliphatic rings. The first-order valence-corrected chi connectivity index (χ1v) is 6.54. The van der Waals surface area contributed by atoms with Gasteiger partial charge in [-0.05, 0) is 18.9 Å². The third-order valence-electron chi connectivity index (χ3n) is 3.52. The van der Waals surface area contributed by atoms with E-state index in [-0.39, 0.29) is 5.69 Å². The summed E-state index contributed by atoms with van der Waals surface area (Å²) in [4.78, 5) is 14.6. The molecule has 0 atom stereocenters. The van der Waals surface area contributed by atoms with E-state index in [1.54, 1.807) is 6.07 Å². The van der Waals surface area contributed by atoms with Gasteiger partial charge in [-0.3, -0.25) is 10.1 Å². The zero-order chi connectivity index (χ0) is 13.2. The molecule has 1 saturated carbocycles. The van der Waals surface area contributed by atoms with Gasteiger partial charge in [0.25, 0.3) is 11.7 Å². The molecule has 1 fully saturated rings. The van der Waals surface area contributed by atoms with Crippen LogP contribution < -0.4 is 5.32 Å². The maximum absolute atomic E-state index is 10.7. The van der Waals surface area contributed by atoms with Gasteiger partial charge < -0.3 is 9.73 Å². The van der Waals surface area contributed by atoms with Crippen molar-refractivity contribution in [2.24, 2.45) is 0 Å². The number of nitro groups is 1. The first-order chi connectivity index (χ1) is 9.22. The summed E-state index contributed by atoms with van der Waals surface area (Å²) in [5.41, 5.74) is 1.12. The summed E-state index contributed by atoms with van der Waals surface area (Å²) < 4.78 is 5.53. The minimum absolute atomic E-state index is 0.0212. The Kier molecular flexibility index (Phi) is 3.06. The predicted molar refractivity (Wildman–Crippen MR) is 71.2 cm³/mol. The minimum atomic E-state index is -0.434. The molecule has 0 saturated heterocycles. The number of nitro benzene ring substituents is 1. The topological polar surface area (TPSA) is 81.2 Å². The summed E-state index contributed by atoms with van der Waals surface area (Å²) in [6.45, 7) is 0. The van der Waals surface area contributed by atoms with E-state index < -0.39 is 4.92 Å². The zero-order valence-corrected chi connectivity index (χ0v) is 10.5. The molecular weight excluding hydrogens is 246 g/mol.